The summed E-state index contributed by atoms with van der Waals surface area (Å²) in [6.45, 7) is 3.88. The van der Waals surface area contributed by atoms with Gasteiger partial charge in [-0.15, -0.1) is 0 Å². The van der Waals surface area contributed by atoms with Gasteiger partial charge in [-0.1, -0.05) is 57.0 Å². The van der Waals surface area contributed by atoms with Crippen molar-refractivity contribution in [1.29, 1.82) is 21.2 Å². The minimum atomic E-state index is -1.79. The molecule has 0 radical (unpaired) electrons. The van der Waals surface area contributed by atoms with E-state index >= 15 is 0 Å². The van der Waals surface area contributed by atoms with Gasteiger partial charge in [-0.25, -0.2) is 0 Å². The van der Waals surface area contributed by atoms with Crippen LogP contribution in [-0.2, 0) is 15.3 Å². The van der Waals surface area contributed by atoms with Crippen molar-refractivity contribution in [2.24, 2.45) is 16.7 Å². The number of nitrogens with zero attached hydrogens (tertiary/aromatic N) is 3. The van der Waals surface area contributed by atoms with Crippen LogP contribution in [-0.4, -0.2) is 12.0 Å². The minimum absolute atomic E-state index is 0.345. The lowest BCUT2D eigenvalue weighted by atomic mass is 9.52. The highest BCUT2D eigenvalue weighted by Gasteiger charge is 2.79. The molecule has 0 aliphatic carbocycles. The molecule has 6 nitrogen and oxygen atoms in total. The highest BCUT2D eigenvalue weighted by Crippen LogP contribution is 2.67. The summed E-state index contributed by atoms with van der Waals surface area (Å²) in [5.74, 6) is -2.32. The molecule has 2 bridgehead atoms. The molecule has 138 valence electrons. The fraction of sp³-hybridized carbons (Fsp3) is 0.524. The van der Waals surface area contributed by atoms with Crippen LogP contribution in [0, 0.1) is 56.2 Å². The molecule has 0 amide bonds. The molecule has 2 heterocycles. The lowest BCUT2D eigenvalue weighted by Gasteiger charge is -2.49. The standard InChI is InChI=1S/C21H22N4O2/c1-3-5-11-17-19(12-22,13-23)20(14-24)16(4-2)21(26-17,27-18(20)25)15-9-7-6-8-10-15/h6-10,16-17,25H,3-5,11H2,1-2H3. The molecule has 1 aromatic carbocycles. The Labute approximate surface area is 159 Å². The van der Waals surface area contributed by atoms with Gasteiger partial charge in [0.15, 0.2) is 10.8 Å². The molecule has 0 aromatic heterocycles. The first-order valence-electron chi connectivity index (χ1n) is 9.28. The molecule has 2 saturated heterocycles. The number of unbranched alkanes of at least 4 members (excludes halogenated alkanes) is 1. The van der Waals surface area contributed by atoms with Crippen molar-refractivity contribution in [3.05, 3.63) is 35.9 Å². The molecule has 4 unspecified atom stereocenters. The minimum Gasteiger partial charge on any atom is -0.443 e. The van der Waals surface area contributed by atoms with Crippen LogP contribution < -0.4 is 0 Å². The first-order valence-corrected chi connectivity index (χ1v) is 9.28. The van der Waals surface area contributed by atoms with Gasteiger partial charge in [-0.2, -0.15) is 15.8 Å². The highest BCUT2D eigenvalue weighted by molar-refractivity contribution is 5.89. The average molecular weight is 362 g/mol. The fourth-order valence-electron chi connectivity index (χ4n) is 4.66. The largest absolute Gasteiger partial charge is 0.443 e. The summed E-state index contributed by atoms with van der Waals surface area (Å²) >= 11 is 0. The van der Waals surface area contributed by atoms with Gasteiger partial charge in [0, 0.05) is 5.56 Å². The third-order valence-electron chi connectivity index (χ3n) is 5.95. The van der Waals surface area contributed by atoms with Crippen LogP contribution in [0.4, 0.5) is 0 Å². The summed E-state index contributed by atoms with van der Waals surface area (Å²) < 4.78 is 12.4. The van der Waals surface area contributed by atoms with Crippen LogP contribution in [0.25, 0.3) is 0 Å². The van der Waals surface area contributed by atoms with Crippen molar-refractivity contribution >= 4 is 5.90 Å². The van der Waals surface area contributed by atoms with Gasteiger partial charge >= 0.3 is 0 Å². The Hall–Kier alpha value is -2.88. The Morgan fingerprint density at radius 1 is 1.07 bits per heavy atom. The normalized spacial score (nSPS) is 33.4. The number of nitriles is 3. The van der Waals surface area contributed by atoms with E-state index in [9.17, 15) is 15.8 Å². The predicted molar refractivity (Wildman–Crippen MR) is 96.8 cm³/mol. The second-order valence-corrected chi connectivity index (χ2v) is 7.13. The Bertz CT molecular complexity index is 849. The van der Waals surface area contributed by atoms with Crippen molar-refractivity contribution < 1.29 is 9.47 Å². The number of ether oxygens (including phenoxy) is 2. The van der Waals surface area contributed by atoms with Crippen LogP contribution in [0.15, 0.2) is 30.3 Å². The number of rotatable bonds is 5. The molecule has 1 N–H and O–H groups in total. The molecule has 0 spiro atoms. The van der Waals surface area contributed by atoms with Crippen molar-refractivity contribution in [2.75, 3.05) is 0 Å². The summed E-state index contributed by atoms with van der Waals surface area (Å²) in [5, 5.41) is 38.9. The second kappa shape index (κ2) is 6.69. The predicted octanol–water partition coefficient (Wildman–Crippen LogP) is 4.01. The highest BCUT2D eigenvalue weighted by atomic mass is 16.7. The van der Waals surface area contributed by atoms with Crippen LogP contribution in [0.3, 0.4) is 0 Å². The molecule has 1 aromatic rings. The fourth-order valence-corrected chi connectivity index (χ4v) is 4.66. The van der Waals surface area contributed by atoms with Crippen molar-refractivity contribution in [3.63, 3.8) is 0 Å². The zero-order valence-electron chi connectivity index (χ0n) is 15.5. The Morgan fingerprint density at radius 3 is 2.26 bits per heavy atom. The summed E-state index contributed by atoms with van der Waals surface area (Å²) in [4.78, 5) is 0. The topological polar surface area (TPSA) is 114 Å². The summed E-state index contributed by atoms with van der Waals surface area (Å²) in [6.07, 6.45) is 1.66. The molecular formula is C21H22N4O2. The first kappa shape index (κ1) is 18.9. The lowest BCUT2D eigenvalue weighted by molar-refractivity contribution is -0.290. The van der Waals surface area contributed by atoms with Crippen LogP contribution in [0.5, 0.6) is 0 Å². The monoisotopic (exact) mass is 362 g/mol. The third-order valence-corrected chi connectivity index (χ3v) is 5.95. The number of benzene rings is 1. The van der Waals surface area contributed by atoms with E-state index in [0.717, 1.165) is 12.8 Å². The van der Waals surface area contributed by atoms with E-state index in [1.807, 2.05) is 44.2 Å². The smallest absolute Gasteiger partial charge is 0.244 e. The second-order valence-electron chi connectivity index (χ2n) is 7.13. The summed E-state index contributed by atoms with van der Waals surface area (Å²) in [7, 11) is 0. The lowest BCUT2D eigenvalue weighted by Crippen LogP contribution is -2.61. The van der Waals surface area contributed by atoms with Gasteiger partial charge in [0.25, 0.3) is 0 Å². The molecule has 4 atom stereocenters. The molecule has 2 aliphatic heterocycles. The summed E-state index contributed by atoms with van der Waals surface area (Å²) in [5.41, 5.74) is -2.76. The number of hydrogen-bond acceptors (Lipinski definition) is 6. The van der Waals surface area contributed by atoms with Crippen molar-refractivity contribution in [1.82, 2.24) is 0 Å². The number of hydrogen-bond donors (Lipinski definition) is 1. The van der Waals surface area contributed by atoms with E-state index < -0.39 is 28.6 Å². The first-order chi connectivity index (χ1) is 13.0. The maximum Gasteiger partial charge on any atom is 0.244 e. The van der Waals surface area contributed by atoms with E-state index in [2.05, 4.69) is 18.2 Å². The molecule has 6 heteroatoms. The molecule has 27 heavy (non-hydrogen) atoms. The maximum atomic E-state index is 10.2. The van der Waals surface area contributed by atoms with Crippen LogP contribution >= 0.6 is 0 Å². The van der Waals surface area contributed by atoms with E-state index in [1.54, 1.807) is 0 Å². The number of fused-ring (bicyclic) bond motifs is 2. The van der Waals surface area contributed by atoms with Crippen LogP contribution in [0.2, 0.25) is 0 Å². The third kappa shape index (κ3) is 2.16. The van der Waals surface area contributed by atoms with Crippen molar-refractivity contribution in [3.8, 4) is 18.2 Å². The van der Waals surface area contributed by atoms with Gasteiger partial charge in [-0.3, -0.25) is 5.41 Å². The van der Waals surface area contributed by atoms with Gasteiger partial charge in [0.1, 0.15) is 0 Å². The number of nitrogens with one attached hydrogen (secondary N) is 1. The molecular weight excluding hydrogens is 340 g/mol. The van der Waals surface area contributed by atoms with E-state index in [-0.39, 0.29) is 5.90 Å². The van der Waals surface area contributed by atoms with Gasteiger partial charge in [-0.05, 0) is 12.8 Å². The average Bonchev–Trinajstić information content (AvgIpc) is 2.91. The van der Waals surface area contributed by atoms with E-state index in [4.69, 9.17) is 14.9 Å². The molecule has 3 rings (SSSR count). The molecule has 0 saturated carbocycles. The van der Waals surface area contributed by atoms with Gasteiger partial charge in [0.2, 0.25) is 11.7 Å². The van der Waals surface area contributed by atoms with Gasteiger partial charge in [0.05, 0.1) is 30.2 Å². The quantitative estimate of drug-likeness (QED) is 0.850. The molecule has 2 fully saturated rings. The van der Waals surface area contributed by atoms with E-state index in [0.29, 0.717) is 18.4 Å². The molecule has 2 aliphatic rings. The van der Waals surface area contributed by atoms with E-state index in [1.165, 1.54) is 0 Å². The zero-order valence-corrected chi connectivity index (χ0v) is 15.5. The Balaban J connectivity index is 2.30. The Morgan fingerprint density at radius 2 is 1.74 bits per heavy atom. The van der Waals surface area contributed by atoms with Crippen LogP contribution in [0.1, 0.15) is 45.1 Å². The van der Waals surface area contributed by atoms with Gasteiger partial charge < -0.3 is 9.47 Å². The zero-order chi connectivity index (χ0) is 19.7. The maximum absolute atomic E-state index is 10.2. The Kier molecular flexibility index (Phi) is 4.68. The summed E-state index contributed by atoms with van der Waals surface area (Å²) in [6, 6.07) is 15.6. The van der Waals surface area contributed by atoms with Crippen molar-refractivity contribution in [2.45, 2.75) is 51.4 Å². The SMILES string of the molecule is CCCCC1OC2(c3ccccc3)OC(=N)C(C#N)(C2CC)C1(C#N)C#N.